The third-order valence-electron chi connectivity index (χ3n) is 4.35. The van der Waals surface area contributed by atoms with Crippen molar-refractivity contribution in [1.82, 2.24) is 5.32 Å². The summed E-state index contributed by atoms with van der Waals surface area (Å²) in [5, 5.41) is 24.5. The average Bonchev–Trinajstić information content (AvgIpc) is 2.69. The molecular weight excluding hydrogens is 314 g/mol. The van der Waals surface area contributed by atoms with E-state index < -0.39 is 5.60 Å². The summed E-state index contributed by atoms with van der Waals surface area (Å²) in [7, 11) is 0. The number of nitrogens with one attached hydrogen (secondary N) is 1. The number of rotatable bonds is 4. The minimum absolute atomic E-state index is 0.000962. The molecular formula is C18H20ClNO3. The molecule has 0 saturated carbocycles. The first-order valence-electron chi connectivity index (χ1n) is 7.65. The van der Waals surface area contributed by atoms with Crippen LogP contribution in [-0.4, -0.2) is 29.4 Å². The van der Waals surface area contributed by atoms with Gasteiger partial charge in [0, 0.05) is 23.2 Å². The van der Waals surface area contributed by atoms with Gasteiger partial charge in [0.15, 0.2) is 0 Å². The molecule has 3 N–H and O–H groups in total. The van der Waals surface area contributed by atoms with Crippen LogP contribution in [0.3, 0.4) is 0 Å². The molecule has 0 bridgehead atoms. The van der Waals surface area contributed by atoms with Crippen molar-refractivity contribution in [3.63, 3.8) is 0 Å². The maximum Gasteiger partial charge on any atom is 0.134 e. The molecule has 0 saturated heterocycles. The summed E-state index contributed by atoms with van der Waals surface area (Å²) in [5.74, 6) is 0.653. The van der Waals surface area contributed by atoms with E-state index in [-0.39, 0.29) is 12.6 Å². The lowest BCUT2D eigenvalue weighted by atomic mass is 9.79. The highest BCUT2D eigenvalue weighted by Gasteiger charge is 2.42. The van der Waals surface area contributed by atoms with Crippen molar-refractivity contribution < 1.29 is 14.9 Å². The molecule has 0 aliphatic carbocycles. The predicted molar refractivity (Wildman–Crippen MR) is 89.8 cm³/mol. The van der Waals surface area contributed by atoms with Gasteiger partial charge in [-0.1, -0.05) is 35.9 Å². The zero-order valence-corrected chi connectivity index (χ0v) is 13.7. The molecule has 1 aliphatic heterocycles. The Hall–Kier alpha value is -1.59. The van der Waals surface area contributed by atoms with Gasteiger partial charge in [0.25, 0.3) is 0 Å². The second-order valence-electron chi connectivity index (χ2n) is 5.75. The molecule has 122 valence electrons. The van der Waals surface area contributed by atoms with Crippen LogP contribution in [0.5, 0.6) is 5.75 Å². The molecule has 2 atom stereocenters. The van der Waals surface area contributed by atoms with Crippen LogP contribution in [0, 0.1) is 0 Å². The van der Waals surface area contributed by atoms with E-state index in [0.29, 0.717) is 29.5 Å². The number of hydrogen-bond acceptors (Lipinski definition) is 4. The first kappa shape index (κ1) is 16.3. The van der Waals surface area contributed by atoms with Crippen molar-refractivity contribution in [2.45, 2.75) is 25.2 Å². The molecule has 0 aromatic heterocycles. The summed E-state index contributed by atoms with van der Waals surface area (Å²) in [5.41, 5.74) is 1.01. The molecule has 2 aromatic rings. The number of halogens is 1. The number of benzene rings is 2. The fourth-order valence-electron chi connectivity index (χ4n) is 3.13. The zero-order chi connectivity index (χ0) is 16.4. The Kier molecular flexibility index (Phi) is 4.60. The van der Waals surface area contributed by atoms with E-state index >= 15 is 0 Å². The highest BCUT2D eigenvalue weighted by atomic mass is 35.5. The number of aliphatic hydroxyl groups is 2. The van der Waals surface area contributed by atoms with Gasteiger partial charge in [-0.25, -0.2) is 0 Å². The van der Waals surface area contributed by atoms with E-state index in [2.05, 4.69) is 5.32 Å². The third-order valence-corrected chi connectivity index (χ3v) is 4.59. The van der Waals surface area contributed by atoms with E-state index in [1.807, 2.05) is 37.3 Å². The molecule has 4 nitrogen and oxygen atoms in total. The van der Waals surface area contributed by atoms with Crippen molar-refractivity contribution in [2.75, 3.05) is 13.2 Å². The molecule has 5 heteroatoms. The maximum absolute atomic E-state index is 11.7. The molecule has 1 aliphatic rings. The maximum atomic E-state index is 11.7. The monoisotopic (exact) mass is 333 g/mol. The second-order valence-corrected chi connectivity index (χ2v) is 6.19. The van der Waals surface area contributed by atoms with E-state index in [9.17, 15) is 5.11 Å². The Balaban J connectivity index is 2.20. The first-order valence-corrected chi connectivity index (χ1v) is 8.03. The van der Waals surface area contributed by atoms with Gasteiger partial charge < -0.3 is 20.3 Å². The summed E-state index contributed by atoms with van der Waals surface area (Å²) < 4.78 is 5.88. The smallest absolute Gasteiger partial charge is 0.134 e. The Morgan fingerprint density at radius 3 is 2.83 bits per heavy atom. The van der Waals surface area contributed by atoms with E-state index in [4.69, 9.17) is 21.4 Å². The lowest BCUT2D eigenvalue weighted by Gasteiger charge is -2.36. The van der Waals surface area contributed by atoms with Gasteiger partial charge in [0.2, 0.25) is 0 Å². The van der Waals surface area contributed by atoms with Crippen LogP contribution < -0.4 is 10.1 Å². The highest BCUT2D eigenvalue weighted by molar-refractivity contribution is 6.30. The summed E-state index contributed by atoms with van der Waals surface area (Å²) in [6, 6.07) is 12.6. The van der Waals surface area contributed by atoms with Crippen molar-refractivity contribution in [3.8, 4) is 5.75 Å². The molecule has 2 aromatic carbocycles. The lowest BCUT2D eigenvalue weighted by molar-refractivity contribution is 0.0416. The van der Waals surface area contributed by atoms with E-state index in [1.54, 1.807) is 12.1 Å². The highest BCUT2D eigenvalue weighted by Crippen LogP contribution is 2.43. The quantitative estimate of drug-likeness (QED) is 0.804. The van der Waals surface area contributed by atoms with Gasteiger partial charge in [-0.2, -0.15) is 0 Å². The SMILES string of the molecule is CC(NCCO)C1(O)c2cc(Cl)ccc2COc2ccccc21. The summed E-state index contributed by atoms with van der Waals surface area (Å²) in [6.45, 7) is 2.66. The Labute approximate surface area is 140 Å². The van der Waals surface area contributed by atoms with Gasteiger partial charge >= 0.3 is 0 Å². The number of para-hydroxylation sites is 1. The van der Waals surface area contributed by atoms with Crippen molar-refractivity contribution >= 4 is 11.6 Å². The Morgan fingerprint density at radius 1 is 1.26 bits per heavy atom. The average molecular weight is 334 g/mol. The van der Waals surface area contributed by atoms with E-state index in [0.717, 1.165) is 11.1 Å². The molecule has 2 unspecified atom stereocenters. The normalized spacial score (nSPS) is 20.9. The summed E-state index contributed by atoms with van der Waals surface area (Å²) in [4.78, 5) is 0. The summed E-state index contributed by atoms with van der Waals surface area (Å²) in [6.07, 6.45) is 0. The number of fused-ring (bicyclic) bond motifs is 2. The molecule has 1 heterocycles. The molecule has 3 rings (SSSR count). The largest absolute Gasteiger partial charge is 0.488 e. The Bertz CT molecular complexity index is 706. The Morgan fingerprint density at radius 2 is 2.04 bits per heavy atom. The second kappa shape index (κ2) is 6.49. The van der Waals surface area contributed by atoms with Gasteiger partial charge in [-0.15, -0.1) is 0 Å². The van der Waals surface area contributed by atoms with Gasteiger partial charge in [-0.3, -0.25) is 0 Å². The van der Waals surface area contributed by atoms with Crippen LogP contribution in [0.15, 0.2) is 42.5 Å². The van der Waals surface area contributed by atoms with E-state index in [1.165, 1.54) is 0 Å². The zero-order valence-electron chi connectivity index (χ0n) is 12.9. The van der Waals surface area contributed by atoms with Gasteiger partial charge in [0.1, 0.15) is 18.0 Å². The van der Waals surface area contributed by atoms with Crippen LogP contribution >= 0.6 is 11.6 Å². The molecule has 0 radical (unpaired) electrons. The minimum atomic E-state index is -1.30. The van der Waals surface area contributed by atoms with Crippen LogP contribution in [0.1, 0.15) is 23.6 Å². The topological polar surface area (TPSA) is 61.7 Å². The molecule has 23 heavy (non-hydrogen) atoms. The molecule has 0 amide bonds. The third kappa shape index (κ3) is 2.83. The first-order chi connectivity index (χ1) is 11.1. The van der Waals surface area contributed by atoms with Crippen LogP contribution in [-0.2, 0) is 12.2 Å². The predicted octanol–water partition coefficient (Wildman–Crippen LogP) is 2.44. The van der Waals surface area contributed by atoms with Crippen LogP contribution in [0.2, 0.25) is 5.02 Å². The number of hydrogen-bond donors (Lipinski definition) is 3. The van der Waals surface area contributed by atoms with Crippen molar-refractivity contribution in [1.29, 1.82) is 0 Å². The minimum Gasteiger partial charge on any atom is -0.488 e. The number of ether oxygens (including phenoxy) is 1. The van der Waals surface area contributed by atoms with Crippen LogP contribution in [0.25, 0.3) is 0 Å². The van der Waals surface area contributed by atoms with Gasteiger partial charge in [0.05, 0.1) is 6.61 Å². The van der Waals surface area contributed by atoms with Crippen molar-refractivity contribution in [2.24, 2.45) is 0 Å². The summed E-state index contributed by atoms with van der Waals surface area (Å²) >= 11 is 6.18. The lowest BCUT2D eigenvalue weighted by Crippen LogP contribution is -2.48. The standard InChI is InChI=1S/C18H20ClNO3/c1-12(20-8-9-21)18(22)15-4-2-3-5-17(15)23-11-13-6-7-14(19)10-16(13)18/h2-7,10,12,20-22H,8-9,11H2,1H3. The van der Waals surface area contributed by atoms with Gasteiger partial charge in [-0.05, 0) is 36.2 Å². The molecule has 0 fully saturated rings. The van der Waals surface area contributed by atoms with Crippen LogP contribution in [0.4, 0.5) is 0 Å². The van der Waals surface area contributed by atoms with Crippen molar-refractivity contribution in [3.05, 3.63) is 64.2 Å². The fourth-order valence-corrected chi connectivity index (χ4v) is 3.30. The number of aliphatic hydroxyl groups excluding tert-OH is 1. The molecule has 0 spiro atoms. The fraction of sp³-hybridized carbons (Fsp3) is 0.333.